The van der Waals surface area contributed by atoms with Gasteiger partial charge in [0.05, 0.1) is 6.04 Å². The molecule has 25 heavy (non-hydrogen) atoms. The number of benzene rings is 1. The van der Waals surface area contributed by atoms with Gasteiger partial charge >= 0.3 is 6.09 Å². The van der Waals surface area contributed by atoms with E-state index < -0.39 is 23.8 Å². The number of hydrogen-bond acceptors (Lipinski definition) is 3. The van der Waals surface area contributed by atoms with E-state index in [1.165, 1.54) is 6.07 Å². The van der Waals surface area contributed by atoms with E-state index >= 15 is 0 Å². The molecule has 0 saturated heterocycles. The first-order valence-electron chi connectivity index (χ1n) is 8.09. The lowest BCUT2D eigenvalue weighted by Crippen LogP contribution is -2.28. The molecule has 1 amide bonds. The van der Waals surface area contributed by atoms with Crippen LogP contribution < -0.4 is 5.32 Å². The maximum absolute atomic E-state index is 14.2. The Labute approximate surface area is 143 Å². The zero-order chi connectivity index (χ0) is 18.0. The second-order valence-corrected chi connectivity index (χ2v) is 6.11. The van der Waals surface area contributed by atoms with Crippen molar-refractivity contribution < 1.29 is 23.8 Å². The highest BCUT2D eigenvalue weighted by Gasteiger charge is 2.30. The van der Waals surface area contributed by atoms with E-state index in [9.17, 15) is 18.7 Å². The van der Waals surface area contributed by atoms with Crippen LogP contribution in [0.15, 0.2) is 24.4 Å². The van der Waals surface area contributed by atoms with Crippen molar-refractivity contribution in [2.45, 2.75) is 37.8 Å². The van der Waals surface area contributed by atoms with Gasteiger partial charge in [0.25, 0.3) is 0 Å². The SMILES string of the molecule is O=C(O)N[C@@H]1CC[C@@H](c2cccc(F)c2F)Cn2c(CCO)cnc21. The number of carbonyl (C=O) groups is 1. The van der Waals surface area contributed by atoms with Crippen LogP contribution in [0.5, 0.6) is 0 Å². The third-order valence-electron chi connectivity index (χ3n) is 4.57. The molecule has 2 heterocycles. The lowest BCUT2D eigenvalue weighted by Gasteiger charge is -2.18. The predicted molar refractivity (Wildman–Crippen MR) is 85.3 cm³/mol. The van der Waals surface area contributed by atoms with E-state index in [4.69, 9.17) is 5.11 Å². The van der Waals surface area contributed by atoms with Gasteiger partial charge in [0.1, 0.15) is 5.82 Å². The molecule has 3 rings (SSSR count). The molecule has 1 aromatic carbocycles. The minimum Gasteiger partial charge on any atom is -0.465 e. The molecular formula is C17H19F2N3O3. The van der Waals surface area contributed by atoms with Gasteiger partial charge < -0.3 is 20.1 Å². The Kier molecular flexibility index (Phi) is 4.98. The number of halogens is 2. The zero-order valence-electron chi connectivity index (χ0n) is 13.5. The summed E-state index contributed by atoms with van der Waals surface area (Å²) in [5, 5.41) is 20.7. The smallest absolute Gasteiger partial charge is 0.405 e. The fraction of sp³-hybridized carbons (Fsp3) is 0.412. The minimum absolute atomic E-state index is 0.0822. The molecule has 0 unspecified atom stereocenters. The molecule has 0 fully saturated rings. The van der Waals surface area contributed by atoms with E-state index in [0.717, 1.165) is 11.8 Å². The van der Waals surface area contributed by atoms with Gasteiger partial charge in [-0.25, -0.2) is 18.6 Å². The van der Waals surface area contributed by atoms with Crippen LogP contribution in [0, 0.1) is 11.6 Å². The van der Waals surface area contributed by atoms with Crippen molar-refractivity contribution in [3.8, 4) is 0 Å². The van der Waals surface area contributed by atoms with Crippen LogP contribution in [0.2, 0.25) is 0 Å². The number of aliphatic hydroxyl groups is 1. The maximum Gasteiger partial charge on any atom is 0.405 e. The van der Waals surface area contributed by atoms with E-state index in [1.807, 2.05) is 0 Å². The van der Waals surface area contributed by atoms with Crippen LogP contribution in [0.4, 0.5) is 13.6 Å². The maximum atomic E-state index is 14.2. The highest BCUT2D eigenvalue weighted by Crippen LogP contribution is 2.35. The summed E-state index contributed by atoms with van der Waals surface area (Å²) in [5.74, 6) is -1.56. The van der Waals surface area contributed by atoms with Crippen molar-refractivity contribution in [3.05, 3.63) is 53.1 Å². The molecular weight excluding hydrogens is 332 g/mol. The number of carboxylic acid groups (broad SMARTS) is 1. The second-order valence-electron chi connectivity index (χ2n) is 6.11. The first kappa shape index (κ1) is 17.3. The van der Waals surface area contributed by atoms with Crippen molar-refractivity contribution in [2.75, 3.05) is 6.61 Å². The molecule has 0 aliphatic carbocycles. The van der Waals surface area contributed by atoms with E-state index in [-0.39, 0.29) is 18.1 Å². The van der Waals surface area contributed by atoms with E-state index in [1.54, 1.807) is 16.8 Å². The lowest BCUT2D eigenvalue weighted by molar-refractivity contribution is 0.188. The molecule has 1 aromatic heterocycles. The zero-order valence-corrected chi connectivity index (χ0v) is 13.5. The fourth-order valence-electron chi connectivity index (χ4n) is 3.41. The Balaban J connectivity index is 1.99. The summed E-state index contributed by atoms with van der Waals surface area (Å²) in [5.41, 5.74) is 1.00. The predicted octanol–water partition coefficient (Wildman–Crippen LogP) is 2.58. The van der Waals surface area contributed by atoms with Gasteiger partial charge in [-0.1, -0.05) is 12.1 Å². The molecule has 0 bridgehead atoms. The summed E-state index contributed by atoms with van der Waals surface area (Å²) in [6.45, 7) is 0.268. The van der Waals surface area contributed by atoms with Crippen LogP contribution in [-0.4, -0.2) is 32.5 Å². The Hall–Kier alpha value is -2.48. The van der Waals surface area contributed by atoms with Gasteiger partial charge in [0, 0.05) is 37.4 Å². The Morgan fingerprint density at radius 1 is 1.36 bits per heavy atom. The van der Waals surface area contributed by atoms with Gasteiger partial charge in [-0.3, -0.25) is 0 Å². The molecule has 134 valence electrons. The van der Waals surface area contributed by atoms with Crippen molar-refractivity contribution >= 4 is 6.09 Å². The van der Waals surface area contributed by atoms with E-state index in [2.05, 4.69) is 10.3 Å². The second kappa shape index (κ2) is 7.18. The standard InChI is InChI=1S/C17H19F2N3O3/c18-13-3-1-2-12(15(13)19)10-4-5-14(21-17(24)25)16-20-8-11(6-7-23)22(16)9-10/h1-3,8,10,14,21,23H,4-7,9H2,(H,24,25)/t10-,14-/m1/s1. The monoisotopic (exact) mass is 351 g/mol. The first-order valence-corrected chi connectivity index (χ1v) is 8.09. The number of nitrogens with one attached hydrogen (secondary N) is 1. The molecule has 0 spiro atoms. The Morgan fingerprint density at radius 2 is 2.16 bits per heavy atom. The van der Waals surface area contributed by atoms with Crippen LogP contribution >= 0.6 is 0 Å². The average Bonchev–Trinajstić information content (AvgIpc) is 2.86. The number of aliphatic hydroxyl groups excluding tert-OH is 1. The third-order valence-corrected chi connectivity index (χ3v) is 4.57. The van der Waals surface area contributed by atoms with Gasteiger partial charge in [-0.2, -0.15) is 0 Å². The quantitative estimate of drug-likeness (QED) is 0.790. The van der Waals surface area contributed by atoms with Crippen molar-refractivity contribution in [1.29, 1.82) is 0 Å². The Morgan fingerprint density at radius 3 is 2.88 bits per heavy atom. The number of imidazole rings is 1. The van der Waals surface area contributed by atoms with Crippen molar-refractivity contribution in [1.82, 2.24) is 14.9 Å². The number of fused-ring (bicyclic) bond motifs is 1. The summed E-state index contributed by atoms with van der Waals surface area (Å²) in [6, 6.07) is 3.56. The lowest BCUT2D eigenvalue weighted by atomic mass is 9.93. The third kappa shape index (κ3) is 3.48. The summed E-state index contributed by atoms with van der Waals surface area (Å²) < 4.78 is 29.6. The summed E-state index contributed by atoms with van der Waals surface area (Å²) in [6.07, 6.45) is 1.67. The molecule has 2 aromatic rings. The fourth-order valence-corrected chi connectivity index (χ4v) is 3.41. The van der Waals surface area contributed by atoms with Crippen LogP contribution in [0.1, 0.15) is 41.9 Å². The molecule has 0 radical (unpaired) electrons. The van der Waals surface area contributed by atoms with Gasteiger partial charge in [0.2, 0.25) is 0 Å². The highest BCUT2D eigenvalue weighted by atomic mass is 19.2. The summed E-state index contributed by atoms with van der Waals surface area (Å²) in [7, 11) is 0. The number of hydrogen-bond donors (Lipinski definition) is 3. The normalized spacial score (nSPS) is 20.0. The minimum atomic E-state index is -1.17. The first-order chi connectivity index (χ1) is 12.0. The molecule has 3 N–H and O–H groups in total. The molecule has 1 aliphatic rings. The number of rotatable bonds is 4. The Bertz CT molecular complexity index is 778. The van der Waals surface area contributed by atoms with Crippen molar-refractivity contribution in [3.63, 3.8) is 0 Å². The summed E-state index contributed by atoms with van der Waals surface area (Å²) >= 11 is 0. The van der Waals surface area contributed by atoms with Gasteiger partial charge in [-0.15, -0.1) is 0 Å². The van der Waals surface area contributed by atoms with Crippen LogP contribution in [0.3, 0.4) is 0 Å². The largest absolute Gasteiger partial charge is 0.465 e. The van der Waals surface area contributed by atoms with Gasteiger partial charge in [-0.05, 0) is 24.5 Å². The number of nitrogens with zero attached hydrogens (tertiary/aromatic N) is 2. The molecule has 8 heteroatoms. The van der Waals surface area contributed by atoms with Crippen LogP contribution in [0.25, 0.3) is 0 Å². The van der Waals surface area contributed by atoms with Crippen molar-refractivity contribution in [2.24, 2.45) is 0 Å². The molecule has 0 saturated carbocycles. The summed E-state index contributed by atoms with van der Waals surface area (Å²) in [4.78, 5) is 15.4. The van der Waals surface area contributed by atoms with Crippen LogP contribution in [-0.2, 0) is 13.0 Å². The van der Waals surface area contributed by atoms with E-state index in [0.29, 0.717) is 31.6 Å². The van der Waals surface area contributed by atoms with Gasteiger partial charge in [0.15, 0.2) is 11.6 Å². The molecule has 2 atom stereocenters. The molecule has 1 aliphatic heterocycles. The highest BCUT2D eigenvalue weighted by molar-refractivity contribution is 5.65. The topological polar surface area (TPSA) is 87.4 Å². The number of aromatic nitrogens is 2. The molecule has 6 nitrogen and oxygen atoms in total. The number of amides is 1. The average molecular weight is 351 g/mol.